The van der Waals surface area contributed by atoms with Gasteiger partial charge >= 0.3 is 0 Å². The molecule has 0 spiro atoms. The average molecular weight is 192 g/mol. The first kappa shape index (κ1) is 11.1. The number of rotatable bonds is 3. The summed E-state index contributed by atoms with van der Waals surface area (Å²) in [5.41, 5.74) is 1.12. The van der Waals surface area contributed by atoms with Crippen LogP contribution >= 0.6 is 0 Å². The topological polar surface area (TPSA) is 6.48 Å². The molecule has 1 aliphatic rings. The van der Waals surface area contributed by atoms with Crippen molar-refractivity contribution in [2.24, 2.45) is 0 Å². The Morgan fingerprint density at radius 3 is 2.36 bits per heavy atom. The molecular formula is C12H20N2. The fraction of sp³-hybridized carbons (Fsp3) is 0.500. The third kappa shape index (κ3) is 3.38. The Bertz CT molecular complexity index is 233. The quantitative estimate of drug-likeness (QED) is 0.630. The molecule has 1 aliphatic heterocycles. The van der Waals surface area contributed by atoms with Gasteiger partial charge in [-0.25, -0.2) is 0 Å². The minimum atomic E-state index is 1.09. The minimum Gasteiger partial charge on any atom is -0.369 e. The summed E-state index contributed by atoms with van der Waals surface area (Å²) in [7, 11) is 2.16. The van der Waals surface area contributed by atoms with Gasteiger partial charge in [0.05, 0.1) is 0 Å². The van der Waals surface area contributed by atoms with E-state index < -0.39 is 0 Å². The van der Waals surface area contributed by atoms with Gasteiger partial charge in [-0.05, 0) is 20.0 Å². The van der Waals surface area contributed by atoms with Gasteiger partial charge in [-0.15, -0.1) is 0 Å². The van der Waals surface area contributed by atoms with Crippen LogP contribution in [0.5, 0.6) is 0 Å². The van der Waals surface area contributed by atoms with Crippen LogP contribution in [0.4, 0.5) is 0 Å². The average Bonchev–Trinajstić information content (AvgIpc) is 2.19. The summed E-state index contributed by atoms with van der Waals surface area (Å²) in [5, 5.41) is 0. The van der Waals surface area contributed by atoms with Gasteiger partial charge in [-0.1, -0.05) is 24.8 Å². The molecule has 0 atom stereocenters. The smallest absolute Gasteiger partial charge is 0.0306 e. The molecule has 14 heavy (non-hydrogen) atoms. The van der Waals surface area contributed by atoms with Gasteiger partial charge in [-0.2, -0.15) is 0 Å². The van der Waals surface area contributed by atoms with E-state index in [2.05, 4.69) is 29.5 Å². The summed E-state index contributed by atoms with van der Waals surface area (Å²) in [6.45, 7) is 10.5. The maximum absolute atomic E-state index is 4.06. The summed E-state index contributed by atoms with van der Waals surface area (Å²) in [6.07, 6.45) is 8.17. The molecule has 0 aromatic rings. The highest BCUT2D eigenvalue weighted by Crippen LogP contribution is 2.07. The lowest BCUT2D eigenvalue weighted by Gasteiger charge is -2.34. The van der Waals surface area contributed by atoms with Crippen LogP contribution in [0.15, 0.2) is 36.6 Å². The van der Waals surface area contributed by atoms with Crippen molar-refractivity contribution < 1.29 is 0 Å². The van der Waals surface area contributed by atoms with Crippen molar-refractivity contribution in [3.8, 4) is 0 Å². The van der Waals surface area contributed by atoms with Crippen molar-refractivity contribution in [1.29, 1.82) is 0 Å². The molecule has 0 N–H and O–H groups in total. The SMILES string of the molecule is C=C(/C=C\C=C/C)N1CCN(C)CC1. The molecule has 0 saturated carbocycles. The highest BCUT2D eigenvalue weighted by Gasteiger charge is 2.12. The minimum absolute atomic E-state index is 1.09. The first-order valence-electron chi connectivity index (χ1n) is 5.16. The molecule has 78 valence electrons. The lowest BCUT2D eigenvalue weighted by atomic mass is 10.3. The number of hydrogen-bond donors (Lipinski definition) is 0. The van der Waals surface area contributed by atoms with Gasteiger partial charge in [0.2, 0.25) is 0 Å². The van der Waals surface area contributed by atoms with Crippen LogP contribution in [-0.4, -0.2) is 43.0 Å². The maximum atomic E-state index is 4.06. The molecule has 1 heterocycles. The highest BCUT2D eigenvalue weighted by molar-refractivity contribution is 5.18. The van der Waals surface area contributed by atoms with Crippen molar-refractivity contribution >= 4 is 0 Å². The molecular weight excluding hydrogens is 172 g/mol. The molecule has 1 fully saturated rings. The van der Waals surface area contributed by atoms with E-state index in [9.17, 15) is 0 Å². The van der Waals surface area contributed by atoms with E-state index in [0.29, 0.717) is 0 Å². The second-order valence-electron chi connectivity index (χ2n) is 3.67. The zero-order chi connectivity index (χ0) is 10.4. The second kappa shape index (κ2) is 5.66. The number of hydrogen-bond acceptors (Lipinski definition) is 2. The molecule has 0 aromatic carbocycles. The number of nitrogens with zero attached hydrogens (tertiary/aromatic N) is 2. The summed E-state index contributed by atoms with van der Waals surface area (Å²) in [6, 6.07) is 0. The molecule has 0 unspecified atom stereocenters. The molecule has 0 bridgehead atoms. The van der Waals surface area contributed by atoms with E-state index in [-0.39, 0.29) is 0 Å². The van der Waals surface area contributed by atoms with E-state index in [1.54, 1.807) is 0 Å². The van der Waals surface area contributed by atoms with Crippen LogP contribution < -0.4 is 0 Å². The van der Waals surface area contributed by atoms with Gasteiger partial charge in [0.1, 0.15) is 0 Å². The van der Waals surface area contributed by atoms with Crippen LogP contribution in [0, 0.1) is 0 Å². The van der Waals surface area contributed by atoms with E-state index >= 15 is 0 Å². The van der Waals surface area contributed by atoms with Gasteiger partial charge in [0.25, 0.3) is 0 Å². The lowest BCUT2D eigenvalue weighted by Crippen LogP contribution is -2.43. The number of allylic oxidation sites excluding steroid dienone is 4. The fourth-order valence-corrected chi connectivity index (χ4v) is 1.48. The van der Waals surface area contributed by atoms with Crippen molar-refractivity contribution in [2.45, 2.75) is 6.92 Å². The summed E-state index contributed by atoms with van der Waals surface area (Å²) in [5.74, 6) is 0. The predicted molar refractivity (Wildman–Crippen MR) is 62.2 cm³/mol. The van der Waals surface area contributed by atoms with E-state index in [1.807, 2.05) is 25.2 Å². The number of likely N-dealkylation sites (N-methyl/N-ethyl adjacent to an activating group) is 1. The first-order chi connectivity index (χ1) is 6.74. The maximum Gasteiger partial charge on any atom is 0.0306 e. The molecule has 2 nitrogen and oxygen atoms in total. The van der Waals surface area contributed by atoms with Crippen LogP contribution in [0.3, 0.4) is 0 Å². The molecule has 0 aromatic heterocycles. The van der Waals surface area contributed by atoms with Crippen LogP contribution in [0.25, 0.3) is 0 Å². The summed E-state index contributed by atoms with van der Waals surface area (Å²) >= 11 is 0. The van der Waals surface area contributed by atoms with E-state index in [0.717, 1.165) is 31.9 Å². The number of piperazine rings is 1. The normalized spacial score (nSPS) is 19.7. The Morgan fingerprint density at radius 2 is 1.79 bits per heavy atom. The molecule has 1 rings (SSSR count). The monoisotopic (exact) mass is 192 g/mol. The summed E-state index contributed by atoms with van der Waals surface area (Å²) in [4.78, 5) is 4.68. The van der Waals surface area contributed by atoms with Crippen molar-refractivity contribution in [1.82, 2.24) is 9.80 Å². The Hall–Kier alpha value is -1.02. The van der Waals surface area contributed by atoms with Crippen LogP contribution in [0.1, 0.15) is 6.92 Å². The van der Waals surface area contributed by atoms with E-state index in [1.165, 1.54) is 0 Å². The third-order valence-corrected chi connectivity index (χ3v) is 2.50. The zero-order valence-electron chi connectivity index (χ0n) is 9.24. The lowest BCUT2D eigenvalue weighted by molar-refractivity contribution is 0.190. The van der Waals surface area contributed by atoms with Gasteiger partial charge in [0, 0.05) is 31.9 Å². The molecule has 0 radical (unpaired) electrons. The Kier molecular flexibility index (Phi) is 4.47. The second-order valence-corrected chi connectivity index (χ2v) is 3.67. The molecule has 1 saturated heterocycles. The van der Waals surface area contributed by atoms with Gasteiger partial charge < -0.3 is 9.80 Å². The summed E-state index contributed by atoms with van der Waals surface area (Å²) < 4.78 is 0. The Balaban J connectivity index is 2.38. The van der Waals surface area contributed by atoms with Crippen LogP contribution in [-0.2, 0) is 0 Å². The Morgan fingerprint density at radius 1 is 1.14 bits per heavy atom. The highest BCUT2D eigenvalue weighted by atomic mass is 15.2. The predicted octanol–water partition coefficient (Wildman–Crippen LogP) is 1.88. The van der Waals surface area contributed by atoms with Gasteiger partial charge in [-0.3, -0.25) is 0 Å². The fourth-order valence-electron chi connectivity index (χ4n) is 1.48. The van der Waals surface area contributed by atoms with Crippen LogP contribution in [0.2, 0.25) is 0 Å². The first-order valence-corrected chi connectivity index (χ1v) is 5.16. The van der Waals surface area contributed by atoms with Crippen molar-refractivity contribution in [2.75, 3.05) is 33.2 Å². The van der Waals surface area contributed by atoms with Gasteiger partial charge in [0.15, 0.2) is 0 Å². The molecule has 0 aliphatic carbocycles. The van der Waals surface area contributed by atoms with Crippen molar-refractivity contribution in [3.05, 3.63) is 36.6 Å². The Labute approximate surface area is 87.2 Å². The molecule has 2 heteroatoms. The largest absolute Gasteiger partial charge is 0.369 e. The van der Waals surface area contributed by atoms with E-state index in [4.69, 9.17) is 0 Å². The molecule has 0 amide bonds. The third-order valence-electron chi connectivity index (χ3n) is 2.50. The standard InChI is InChI=1S/C12H20N2/c1-4-5-6-7-12(2)14-10-8-13(3)9-11-14/h4-7H,2,8-11H2,1,3H3/b5-4-,7-6-. The zero-order valence-corrected chi connectivity index (χ0v) is 9.24. The van der Waals surface area contributed by atoms with Crippen molar-refractivity contribution in [3.63, 3.8) is 0 Å².